The largest absolute Gasteiger partial charge is 0.450 e. The second-order valence-corrected chi connectivity index (χ2v) is 6.87. The average Bonchev–Trinajstić information content (AvgIpc) is 3.24. The molecule has 1 atom stereocenters. The van der Waals surface area contributed by atoms with E-state index in [1.54, 1.807) is 25.1 Å². The standard InChI is InChI=1S/C23H23N3O4/c1-15(22(28)19-10-8-17(9-11-19)12-13-24-16(2)27)30-23(29)21-14-20(25-26-21)18-6-4-3-5-7-18/h3-11,14-15H,12-13H2,1-2H3,(H,24,27)(H,25,26)/t15-/m1/s1. The summed E-state index contributed by atoms with van der Waals surface area (Å²) in [7, 11) is 0. The van der Waals surface area contributed by atoms with Crippen molar-refractivity contribution < 1.29 is 19.1 Å². The number of ketones is 1. The number of nitrogens with one attached hydrogen (secondary N) is 2. The molecule has 0 aliphatic rings. The highest BCUT2D eigenvalue weighted by molar-refractivity contribution is 6.01. The number of rotatable bonds is 8. The van der Waals surface area contributed by atoms with E-state index in [1.165, 1.54) is 6.92 Å². The lowest BCUT2D eigenvalue weighted by Gasteiger charge is -2.12. The number of carbonyl (C=O) groups excluding carboxylic acids is 3. The first-order valence-electron chi connectivity index (χ1n) is 9.63. The Kier molecular flexibility index (Phi) is 6.75. The number of carbonyl (C=O) groups is 3. The molecule has 1 heterocycles. The Morgan fingerprint density at radius 1 is 1.07 bits per heavy atom. The summed E-state index contributed by atoms with van der Waals surface area (Å²) in [5.41, 5.74) is 3.12. The lowest BCUT2D eigenvalue weighted by Crippen LogP contribution is -2.24. The summed E-state index contributed by atoms with van der Waals surface area (Å²) in [4.78, 5) is 35.9. The summed E-state index contributed by atoms with van der Waals surface area (Å²) < 4.78 is 5.32. The molecule has 2 aromatic carbocycles. The van der Waals surface area contributed by atoms with Crippen LogP contribution in [0.4, 0.5) is 0 Å². The van der Waals surface area contributed by atoms with Gasteiger partial charge in [0, 0.05) is 24.6 Å². The van der Waals surface area contributed by atoms with Crippen LogP contribution >= 0.6 is 0 Å². The molecule has 0 saturated heterocycles. The number of H-pyrrole nitrogens is 1. The molecule has 0 fully saturated rings. The molecule has 0 aliphatic heterocycles. The molecule has 1 aromatic heterocycles. The molecular weight excluding hydrogens is 382 g/mol. The monoisotopic (exact) mass is 405 g/mol. The van der Waals surface area contributed by atoms with E-state index in [9.17, 15) is 14.4 Å². The maximum absolute atomic E-state index is 12.6. The first-order valence-corrected chi connectivity index (χ1v) is 9.63. The van der Waals surface area contributed by atoms with Gasteiger partial charge in [-0.2, -0.15) is 5.10 Å². The fraction of sp³-hybridized carbons (Fsp3) is 0.217. The van der Waals surface area contributed by atoms with E-state index in [2.05, 4.69) is 15.5 Å². The van der Waals surface area contributed by atoms with Crippen molar-refractivity contribution in [3.05, 3.63) is 77.5 Å². The van der Waals surface area contributed by atoms with Crippen LogP contribution in [0.3, 0.4) is 0 Å². The van der Waals surface area contributed by atoms with Crippen LogP contribution in [0.2, 0.25) is 0 Å². The summed E-state index contributed by atoms with van der Waals surface area (Å²) in [5.74, 6) is -1.01. The van der Waals surface area contributed by atoms with Gasteiger partial charge in [-0.05, 0) is 25.0 Å². The van der Waals surface area contributed by atoms with Crippen molar-refractivity contribution in [2.45, 2.75) is 26.4 Å². The Balaban J connectivity index is 1.58. The molecule has 3 aromatic rings. The van der Waals surface area contributed by atoms with Crippen molar-refractivity contribution in [1.82, 2.24) is 15.5 Å². The van der Waals surface area contributed by atoms with Crippen molar-refractivity contribution in [3.8, 4) is 11.3 Å². The second kappa shape index (κ2) is 9.65. The molecule has 0 saturated carbocycles. The summed E-state index contributed by atoms with van der Waals surface area (Å²) in [6.45, 7) is 3.54. The van der Waals surface area contributed by atoms with E-state index >= 15 is 0 Å². The molecule has 1 amide bonds. The number of ether oxygens (including phenoxy) is 1. The van der Waals surface area contributed by atoms with Gasteiger partial charge in [0.25, 0.3) is 0 Å². The molecule has 0 aliphatic carbocycles. The van der Waals surface area contributed by atoms with Gasteiger partial charge in [0.1, 0.15) is 5.69 Å². The number of hydrogen-bond donors (Lipinski definition) is 2. The molecule has 0 spiro atoms. The van der Waals surface area contributed by atoms with Crippen LogP contribution in [0.15, 0.2) is 60.7 Å². The van der Waals surface area contributed by atoms with Gasteiger partial charge in [0.15, 0.2) is 6.10 Å². The van der Waals surface area contributed by atoms with Gasteiger partial charge in [0.05, 0.1) is 5.69 Å². The van der Waals surface area contributed by atoms with E-state index in [-0.39, 0.29) is 17.4 Å². The van der Waals surface area contributed by atoms with Gasteiger partial charge >= 0.3 is 5.97 Å². The van der Waals surface area contributed by atoms with E-state index in [1.807, 2.05) is 42.5 Å². The molecule has 0 bridgehead atoms. The van der Waals surface area contributed by atoms with Crippen LogP contribution in [-0.2, 0) is 16.0 Å². The number of esters is 1. The van der Waals surface area contributed by atoms with E-state index in [4.69, 9.17) is 4.74 Å². The van der Waals surface area contributed by atoms with Crippen LogP contribution in [0.1, 0.15) is 40.3 Å². The zero-order valence-electron chi connectivity index (χ0n) is 16.8. The van der Waals surface area contributed by atoms with Gasteiger partial charge in [-0.15, -0.1) is 0 Å². The minimum atomic E-state index is -0.939. The molecular formula is C23H23N3O4. The summed E-state index contributed by atoms with van der Waals surface area (Å²) in [5, 5.41) is 9.51. The van der Waals surface area contributed by atoms with Crippen molar-refractivity contribution >= 4 is 17.7 Å². The molecule has 7 nitrogen and oxygen atoms in total. The Labute approximate surface area is 174 Å². The zero-order chi connectivity index (χ0) is 21.5. The minimum absolute atomic E-state index is 0.0782. The predicted molar refractivity (Wildman–Crippen MR) is 112 cm³/mol. The highest BCUT2D eigenvalue weighted by Crippen LogP contribution is 2.18. The van der Waals surface area contributed by atoms with Gasteiger partial charge < -0.3 is 10.1 Å². The number of Topliss-reactive ketones (excluding diaryl/α,β-unsaturated/α-hetero) is 1. The smallest absolute Gasteiger partial charge is 0.357 e. The fourth-order valence-corrected chi connectivity index (χ4v) is 2.91. The number of amides is 1. The number of aromatic amines is 1. The summed E-state index contributed by atoms with van der Waals surface area (Å²) in [6.07, 6.45) is -0.270. The Morgan fingerprint density at radius 2 is 1.77 bits per heavy atom. The molecule has 3 rings (SSSR count). The van der Waals surface area contributed by atoms with Crippen LogP contribution in [0.5, 0.6) is 0 Å². The third-order valence-electron chi connectivity index (χ3n) is 4.55. The number of hydrogen-bond acceptors (Lipinski definition) is 5. The Morgan fingerprint density at radius 3 is 2.43 bits per heavy atom. The third-order valence-corrected chi connectivity index (χ3v) is 4.55. The molecule has 30 heavy (non-hydrogen) atoms. The van der Waals surface area contributed by atoms with E-state index < -0.39 is 12.1 Å². The Bertz CT molecular complexity index is 1030. The van der Waals surface area contributed by atoms with E-state index in [0.29, 0.717) is 24.2 Å². The average molecular weight is 405 g/mol. The summed E-state index contributed by atoms with van der Waals surface area (Å²) >= 11 is 0. The van der Waals surface area contributed by atoms with E-state index in [0.717, 1.165) is 11.1 Å². The number of aromatic nitrogens is 2. The first kappa shape index (κ1) is 21.0. The van der Waals surface area contributed by atoms with Gasteiger partial charge in [-0.25, -0.2) is 4.79 Å². The van der Waals surface area contributed by atoms with Gasteiger partial charge in [0.2, 0.25) is 11.7 Å². The maximum Gasteiger partial charge on any atom is 0.357 e. The SMILES string of the molecule is CC(=O)NCCc1ccc(C(=O)[C@@H](C)OC(=O)c2cc(-c3ccccc3)n[nH]2)cc1. The second-order valence-electron chi connectivity index (χ2n) is 6.87. The highest BCUT2D eigenvalue weighted by atomic mass is 16.5. The molecule has 0 unspecified atom stereocenters. The zero-order valence-corrected chi connectivity index (χ0v) is 16.8. The van der Waals surface area contributed by atoms with Crippen molar-refractivity contribution in [2.24, 2.45) is 0 Å². The normalized spacial score (nSPS) is 11.5. The van der Waals surface area contributed by atoms with Crippen LogP contribution in [-0.4, -0.2) is 40.5 Å². The summed E-state index contributed by atoms with van der Waals surface area (Å²) in [6, 6.07) is 18.1. The highest BCUT2D eigenvalue weighted by Gasteiger charge is 2.22. The minimum Gasteiger partial charge on any atom is -0.450 e. The maximum atomic E-state index is 12.6. The van der Waals surface area contributed by atoms with Gasteiger partial charge in [-0.3, -0.25) is 14.7 Å². The fourth-order valence-electron chi connectivity index (χ4n) is 2.91. The van der Waals surface area contributed by atoms with Crippen LogP contribution in [0, 0.1) is 0 Å². The van der Waals surface area contributed by atoms with Gasteiger partial charge in [-0.1, -0.05) is 54.6 Å². The van der Waals surface area contributed by atoms with Crippen molar-refractivity contribution in [3.63, 3.8) is 0 Å². The number of nitrogens with zero attached hydrogens (tertiary/aromatic N) is 1. The van der Waals surface area contributed by atoms with Crippen LogP contribution in [0.25, 0.3) is 11.3 Å². The molecule has 0 radical (unpaired) electrons. The molecule has 2 N–H and O–H groups in total. The third kappa shape index (κ3) is 5.41. The lowest BCUT2D eigenvalue weighted by molar-refractivity contribution is -0.118. The first-order chi connectivity index (χ1) is 14.4. The van der Waals surface area contributed by atoms with Crippen molar-refractivity contribution in [2.75, 3.05) is 6.54 Å². The lowest BCUT2D eigenvalue weighted by atomic mass is 10.0. The molecule has 154 valence electrons. The quantitative estimate of drug-likeness (QED) is 0.443. The number of benzene rings is 2. The van der Waals surface area contributed by atoms with Crippen molar-refractivity contribution in [1.29, 1.82) is 0 Å². The molecule has 7 heteroatoms. The topological polar surface area (TPSA) is 101 Å². The predicted octanol–water partition coefficient (Wildman–Crippen LogP) is 3.18. The Hall–Kier alpha value is -3.74. The van der Waals surface area contributed by atoms with Crippen LogP contribution < -0.4 is 5.32 Å².